The smallest absolute Gasteiger partial charge is 0.307 e. The summed E-state index contributed by atoms with van der Waals surface area (Å²) in [5.41, 5.74) is 7.16. The molecule has 25 heavy (non-hydrogen) atoms. The van der Waals surface area contributed by atoms with E-state index < -0.39 is 17.9 Å². The van der Waals surface area contributed by atoms with Crippen LogP contribution >= 0.6 is 11.3 Å². The number of esters is 1. The SMILES string of the molecule is CCOC(=O)CCN1C(=O)CCC(N2Cc3c(csc3N)C2=O)C1=O. The van der Waals surface area contributed by atoms with Gasteiger partial charge in [0.1, 0.15) is 6.04 Å². The van der Waals surface area contributed by atoms with E-state index in [4.69, 9.17) is 10.5 Å². The number of carbonyl (C=O) groups is 4. The van der Waals surface area contributed by atoms with E-state index in [1.54, 1.807) is 12.3 Å². The van der Waals surface area contributed by atoms with Crippen LogP contribution in [-0.4, -0.2) is 52.7 Å². The Hall–Kier alpha value is -2.42. The number of nitrogens with zero attached hydrogens (tertiary/aromatic N) is 2. The van der Waals surface area contributed by atoms with E-state index in [-0.39, 0.29) is 50.8 Å². The lowest BCUT2D eigenvalue weighted by atomic mass is 10.0. The van der Waals surface area contributed by atoms with Crippen molar-refractivity contribution in [2.45, 2.75) is 38.8 Å². The molecular weight excluding hydrogens is 346 g/mol. The molecule has 2 aliphatic heterocycles. The highest BCUT2D eigenvalue weighted by Crippen LogP contribution is 2.35. The fraction of sp³-hybridized carbons (Fsp3) is 0.500. The number of nitrogens with two attached hydrogens (primary N) is 1. The first-order valence-corrected chi connectivity index (χ1v) is 8.98. The van der Waals surface area contributed by atoms with Gasteiger partial charge in [-0.05, 0) is 13.3 Å². The molecular formula is C16H19N3O5S. The highest BCUT2D eigenvalue weighted by Gasteiger charge is 2.43. The van der Waals surface area contributed by atoms with Crippen LogP contribution < -0.4 is 5.73 Å². The molecule has 0 aliphatic carbocycles. The Kier molecular flexibility index (Phi) is 4.76. The molecule has 0 saturated carbocycles. The van der Waals surface area contributed by atoms with Gasteiger partial charge in [-0.3, -0.25) is 24.1 Å². The first-order valence-electron chi connectivity index (χ1n) is 8.10. The van der Waals surface area contributed by atoms with Crippen molar-refractivity contribution in [3.05, 3.63) is 16.5 Å². The molecule has 0 spiro atoms. The van der Waals surface area contributed by atoms with Crippen LogP contribution in [0.1, 0.15) is 42.1 Å². The Morgan fingerprint density at radius 2 is 2.16 bits per heavy atom. The Balaban J connectivity index is 1.71. The van der Waals surface area contributed by atoms with E-state index >= 15 is 0 Å². The highest BCUT2D eigenvalue weighted by molar-refractivity contribution is 7.14. The molecule has 3 amide bonds. The topological polar surface area (TPSA) is 110 Å². The minimum Gasteiger partial charge on any atom is -0.466 e. The predicted molar refractivity (Wildman–Crippen MR) is 89.6 cm³/mol. The lowest BCUT2D eigenvalue weighted by Gasteiger charge is -2.35. The maximum atomic E-state index is 12.7. The standard InChI is InChI=1S/C16H19N3O5S/c1-2-24-13(21)5-6-18-12(20)4-3-11(16(18)23)19-7-9-10(15(19)22)8-25-14(9)17/h8,11H,2-7,17H2,1H3. The van der Waals surface area contributed by atoms with Crippen LogP contribution in [-0.2, 0) is 25.7 Å². The van der Waals surface area contributed by atoms with Gasteiger partial charge in [0.05, 0.1) is 30.1 Å². The van der Waals surface area contributed by atoms with E-state index in [1.807, 2.05) is 0 Å². The molecule has 0 aromatic carbocycles. The summed E-state index contributed by atoms with van der Waals surface area (Å²) < 4.78 is 4.83. The molecule has 1 saturated heterocycles. The normalized spacial score (nSPS) is 20.2. The van der Waals surface area contributed by atoms with Gasteiger partial charge in [0.2, 0.25) is 5.91 Å². The molecule has 1 fully saturated rings. The number of carbonyl (C=O) groups excluding carboxylic acids is 4. The third-order valence-corrected chi connectivity index (χ3v) is 5.30. The van der Waals surface area contributed by atoms with Crippen LogP contribution in [0, 0.1) is 0 Å². The van der Waals surface area contributed by atoms with Crippen molar-refractivity contribution in [2.24, 2.45) is 0 Å². The van der Waals surface area contributed by atoms with E-state index in [0.29, 0.717) is 10.6 Å². The van der Waals surface area contributed by atoms with Gasteiger partial charge in [-0.1, -0.05) is 0 Å². The number of hydrogen-bond acceptors (Lipinski definition) is 7. The molecule has 3 heterocycles. The van der Waals surface area contributed by atoms with Crippen molar-refractivity contribution in [3.8, 4) is 0 Å². The highest BCUT2D eigenvalue weighted by atomic mass is 32.1. The third kappa shape index (κ3) is 3.11. The Bertz CT molecular complexity index is 744. The second kappa shape index (κ2) is 6.83. The Labute approximate surface area is 148 Å². The zero-order valence-electron chi connectivity index (χ0n) is 13.8. The maximum absolute atomic E-state index is 12.7. The van der Waals surface area contributed by atoms with E-state index in [9.17, 15) is 19.2 Å². The number of rotatable bonds is 5. The number of fused-ring (bicyclic) bond motifs is 1. The van der Waals surface area contributed by atoms with Crippen molar-refractivity contribution < 1.29 is 23.9 Å². The summed E-state index contributed by atoms with van der Waals surface area (Å²) in [7, 11) is 0. The minimum absolute atomic E-state index is 0.0294. The van der Waals surface area contributed by atoms with Gasteiger partial charge in [0, 0.05) is 23.9 Å². The summed E-state index contributed by atoms with van der Waals surface area (Å²) in [4.78, 5) is 51.4. The van der Waals surface area contributed by atoms with Crippen LogP contribution in [0.25, 0.3) is 0 Å². The Morgan fingerprint density at radius 1 is 1.40 bits per heavy atom. The van der Waals surface area contributed by atoms with Crippen LogP contribution in [0.2, 0.25) is 0 Å². The number of ether oxygens (including phenoxy) is 1. The predicted octanol–water partition coefficient (Wildman–Crippen LogP) is 0.757. The number of likely N-dealkylation sites (tertiary alicyclic amines) is 1. The average Bonchev–Trinajstić information content (AvgIpc) is 3.09. The Morgan fingerprint density at radius 3 is 2.84 bits per heavy atom. The summed E-state index contributed by atoms with van der Waals surface area (Å²) in [6.45, 7) is 2.18. The van der Waals surface area contributed by atoms with Gasteiger partial charge < -0.3 is 15.4 Å². The second-order valence-electron chi connectivity index (χ2n) is 5.92. The van der Waals surface area contributed by atoms with Gasteiger partial charge in [0.25, 0.3) is 11.8 Å². The molecule has 0 bridgehead atoms. The molecule has 1 unspecified atom stereocenters. The first-order chi connectivity index (χ1) is 11.9. The van der Waals surface area contributed by atoms with Gasteiger partial charge in [-0.2, -0.15) is 0 Å². The summed E-state index contributed by atoms with van der Waals surface area (Å²) in [6, 6.07) is -0.704. The number of piperidine rings is 1. The second-order valence-corrected chi connectivity index (χ2v) is 6.83. The molecule has 9 heteroatoms. The van der Waals surface area contributed by atoms with Crippen molar-refractivity contribution >= 4 is 40.0 Å². The van der Waals surface area contributed by atoms with E-state index in [2.05, 4.69) is 0 Å². The maximum Gasteiger partial charge on any atom is 0.307 e. The number of anilines is 1. The molecule has 3 rings (SSSR count). The number of hydrogen-bond donors (Lipinski definition) is 1. The molecule has 1 aromatic rings. The van der Waals surface area contributed by atoms with Crippen LogP contribution in [0.3, 0.4) is 0 Å². The molecule has 1 atom stereocenters. The van der Waals surface area contributed by atoms with Gasteiger partial charge >= 0.3 is 5.97 Å². The van der Waals surface area contributed by atoms with Crippen molar-refractivity contribution in [1.29, 1.82) is 0 Å². The van der Waals surface area contributed by atoms with E-state index in [1.165, 1.54) is 16.2 Å². The van der Waals surface area contributed by atoms with Crippen molar-refractivity contribution in [2.75, 3.05) is 18.9 Å². The fourth-order valence-corrected chi connectivity index (χ4v) is 3.97. The average molecular weight is 365 g/mol. The third-order valence-electron chi connectivity index (χ3n) is 4.45. The van der Waals surface area contributed by atoms with Crippen molar-refractivity contribution in [1.82, 2.24) is 9.80 Å². The van der Waals surface area contributed by atoms with Crippen molar-refractivity contribution in [3.63, 3.8) is 0 Å². The molecule has 134 valence electrons. The van der Waals surface area contributed by atoms with Crippen LogP contribution in [0.4, 0.5) is 5.00 Å². The number of amides is 3. The minimum atomic E-state index is -0.704. The lowest BCUT2D eigenvalue weighted by molar-refractivity contribution is -0.153. The quantitative estimate of drug-likeness (QED) is 0.609. The summed E-state index contributed by atoms with van der Waals surface area (Å²) in [5.74, 6) is -1.47. The molecule has 2 N–H and O–H groups in total. The molecule has 8 nitrogen and oxygen atoms in total. The fourth-order valence-electron chi connectivity index (χ4n) is 3.17. The summed E-state index contributed by atoms with van der Waals surface area (Å²) >= 11 is 1.31. The van der Waals surface area contributed by atoms with Gasteiger partial charge in [-0.25, -0.2) is 0 Å². The zero-order chi connectivity index (χ0) is 18.1. The first kappa shape index (κ1) is 17.4. The molecule has 0 radical (unpaired) electrons. The monoisotopic (exact) mass is 365 g/mol. The largest absolute Gasteiger partial charge is 0.466 e. The van der Waals surface area contributed by atoms with E-state index in [0.717, 1.165) is 10.5 Å². The number of nitrogen functional groups attached to an aromatic ring is 1. The lowest BCUT2D eigenvalue weighted by Crippen LogP contribution is -2.55. The summed E-state index contributed by atoms with van der Waals surface area (Å²) in [5, 5.41) is 2.27. The summed E-state index contributed by atoms with van der Waals surface area (Å²) in [6.07, 6.45) is 0.393. The van der Waals surface area contributed by atoms with Crippen LogP contribution in [0.5, 0.6) is 0 Å². The number of thiophene rings is 1. The molecule has 1 aromatic heterocycles. The van der Waals surface area contributed by atoms with Gasteiger partial charge in [0.15, 0.2) is 0 Å². The van der Waals surface area contributed by atoms with Crippen LogP contribution in [0.15, 0.2) is 5.38 Å². The number of imide groups is 1. The molecule has 2 aliphatic rings. The zero-order valence-corrected chi connectivity index (χ0v) is 14.6. The van der Waals surface area contributed by atoms with Gasteiger partial charge in [-0.15, -0.1) is 11.3 Å².